The summed E-state index contributed by atoms with van der Waals surface area (Å²) in [6.07, 6.45) is 0.223. The van der Waals surface area contributed by atoms with E-state index in [4.69, 9.17) is 22.1 Å². The average molecular weight is 298 g/mol. The van der Waals surface area contributed by atoms with Crippen molar-refractivity contribution in [1.29, 1.82) is 0 Å². The van der Waals surface area contributed by atoms with Gasteiger partial charge in [0.05, 0.1) is 7.11 Å². The first-order chi connectivity index (χ1) is 9.52. The van der Waals surface area contributed by atoms with E-state index in [9.17, 15) is 8.78 Å². The second-order valence-corrected chi connectivity index (χ2v) is 4.81. The van der Waals surface area contributed by atoms with E-state index in [1.54, 1.807) is 12.1 Å². The van der Waals surface area contributed by atoms with E-state index < -0.39 is 17.7 Å². The SMILES string of the molecule is COc1cc(C(N)Cc2c(F)cccc2Cl)ccc1F. The molecule has 1 unspecified atom stereocenters. The van der Waals surface area contributed by atoms with E-state index >= 15 is 0 Å². The van der Waals surface area contributed by atoms with Crippen molar-refractivity contribution in [2.45, 2.75) is 12.5 Å². The second-order valence-electron chi connectivity index (χ2n) is 4.40. The quantitative estimate of drug-likeness (QED) is 0.930. The van der Waals surface area contributed by atoms with Crippen molar-refractivity contribution in [3.05, 3.63) is 64.2 Å². The molecule has 2 aromatic rings. The number of ether oxygens (including phenoxy) is 1. The summed E-state index contributed by atoms with van der Waals surface area (Å²) in [5.41, 5.74) is 7.04. The van der Waals surface area contributed by atoms with E-state index in [2.05, 4.69) is 0 Å². The van der Waals surface area contributed by atoms with Crippen molar-refractivity contribution < 1.29 is 13.5 Å². The van der Waals surface area contributed by atoms with Crippen LogP contribution in [0.25, 0.3) is 0 Å². The lowest BCUT2D eigenvalue weighted by Crippen LogP contribution is -2.14. The predicted molar refractivity (Wildman–Crippen MR) is 75.0 cm³/mol. The van der Waals surface area contributed by atoms with Crippen LogP contribution in [-0.4, -0.2) is 7.11 Å². The fourth-order valence-electron chi connectivity index (χ4n) is 1.97. The Kier molecular flexibility index (Phi) is 4.57. The van der Waals surface area contributed by atoms with Gasteiger partial charge in [-0.05, 0) is 36.2 Å². The highest BCUT2D eigenvalue weighted by molar-refractivity contribution is 6.31. The van der Waals surface area contributed by atoms with Gasteiger partial charge in [-0.1, -0.05) is 23.7 Å². The molecule has 0 aliphatic rings. The van der Waals surface area contributed by atoms with Crippen LogP contribution in [0.3, 0.4) is 0 Å². The summed E-state index contributed by atoms with van der Waals surface area (Å²) in [5, 5.41) is 0.328. The van der Waals surface area contributed by atoms with Crippen LogP contribution >= 0.6 is 11.6 Å². The van der Waals surface area contributed by atoms with Gasteiger partial charge in [0.1, 0.15) is 5.82 Å². The first-order valence-corrected chi connectivity index (χ1v) is 6.42. The summed E-state index contributed by atoms with van der Waals surface area (Å²) in [4.78, 5) is 0. The maximum absolute atomic E-state index is 13.7. The molecule has 0 aromatic heterocycles. The van der Waals surface area contributed by atoms with Crippen molar-refractivity contribution in [3.8, 4) is 5.75 Å². The molecule has 20 heavy (non-hydrogen) atoms. The molecule has 0 fully saturated rings. The number of benzene rings is 2. The molecule has 5 heteroatoms. The third-order valence-electron chi connectivity index (χ3n) is 3.09. The standard InChI is InChI=1S/C15H14ClF2NO/c1-20-15-7-9(5-6-13(15)18)14(19)8-10-11(16)3-2-4-12(10)17/h2-7,14H,8,19H2,1H3. The molecule has 0 aliphatic carbocycles. The van der Waals surface area contributed by atoms with Crippen molar-refractivity contribution >= 4 is 11.6 Å². The maximum atomic E-state index is 13.7. The summed E-state index contributed by atoms with van der Waals surface area (Å²) in [6, 6.07) is 8.31. The van der Waals surface area contributed by atoms with Crippen LogP contribution in [0.2, 0.25) is 5.02 Å². The molecule has 2 rings (SSSR count). The van der Waals surface area contributed by atoms with Crippen molar-refractivity contribution in [2.75, 3.05) is 7.11 Å². The number of hydrogen-bond donors (Lipinski definition) is 1. The molecule has 0 amide bonds. The van der Waals surface area contributed by atoms with Gasteiger partial charge in [0.25, 0.3) is 0 Å². The normalized spacial score (nSPS) is 12.2. The molecule has 2 nitrogen and oxygen atoms in total. The van der Waals surface area contributed by atoms with Crippen molar-refractivity contribution in [1.82, 2.24) is 0 Å². The maximum Gasteiger partial charge on any atom is 0.165 e. The van der Waals surface area contributed by atoms with E-state index in [0.717, 1.165) is 0 Å². The van der Waals surface area contributed by atoms with Gasteiger partial charge in [-0.2, -0.15) is 0 Å². The molecule has 2 aromatic carbocycles. The minimum atomic E-state index is -0.501. The second kappa shape index (κ2) is 6.20. The topological polar surface area (TPSA) is 35.2 Å². The zero-order chi connectivity index (χ0) is 14.7. The molecule has 0 spiro atoms. The lowest BCUT2D eigenvalue weighted by molar-refractivity contribution is 0.385. The number of nitrogens with two attached hydrogens (primary N) is 1. The first kappa shape index (κ1) is 14.8. The van der Waals surface area contributed by atoms with E-state index in [1.165, 1.54) is 31.4 Å². The van der Waals surface area contributed by atoms with Gasteiger partial charge in [0.15, 0.2) is 11.6 Å². The van der Waals surface area contributed by atoms with Crippen LogP contribution in [0.5, 0.6) is 5.75 Å². The van der Waals surface area contributed by atoms with E-state index in [1.807, 2.05) is 0 Å². The number of halogens is 3. The zero-order valence-corrected chi connectivity index (χ0v) is 11.6. The zero-order valence-electron chi connectivity index (χ0n) is 10.9. The highest BCUT2D eigenvalue weighted by Crippen LogP contribution is 2.27. The van der Waals surface area contributed by atoms with Crippen LogP contribution in [-0.2, 0) is 6.42 Å². The molecule has 0 saturated heterocycles. The molecule has 0 radical (unpaired) electrons. The van der Waals surface area contributed by atoms with E-state index in [0.29, 0.717) is 16.1 Å². The fourth-order valence-corrected chi connectivity index (χ4v) is 2.21. The Hall–Kier alpha value is -1.65. The Morgan fingerprint density at radius 3 is 2.60 bits per heavy atom. The molecule has 0 aliphatic heterocycles. The summed E-state index contributed by atoms with van der Waals surface area (Å²) < 4.78 is 32.0. The summed E-state index contributed by atoms with van der Waals surface area (Å²) in [6.45, 7) is 0. The van der Waals surface area contributed by atoms with Crippen molar-refractivity contribution in [3.63, 3.8) is 0 Å². The minimum absolute atomic E-state index is 0.109. The molecular weight excluding hydrogens is 284 g/mol. The van der Waals surface area contributed by atoms with Gasteiger partial charge in [-0.3, -0.25) is 0 Å². The lowest BCUT2D eigenvalue weighted by Gasteiger charge is -2.15. The van der Waals surface area contributed by atoms with Crippen LogP contribution in [0.1, 0.15) is 17.2 Å². The molecule has 2 N–H and O–H groups in total. The molecule has 0 saturated carbocycles. The first-order valence-electron chi connectivity index (χ1n) is 6.05. The Balaban J connectivity index is 2.26. The van der Waals surface area contributed by atoms with Gasteiger partial charge in [-0.25, -0.2) is 8.78 Å². The van der Waals surface area contributed by atoms with Gasteiger partial charge in [0.2, 0.25) is 0 Å². The molecule has 106 valence electrons. The van der Waals surface area contributed by atoms with Crippen LogP contribution in [0.4, 0.5) is 8.78 Å². The summed E-state index contributed by atoms with van der Waals surface area (Å²) in [7, 11) is 1.38. The summed E-state index contributed by atoms with van der Waals surface area (Å²) >= 11 is 5.96. The fraction of sp³-hybridized carbons (Fsp3) is 0.200. The molecule has 0 bridgehead atoms. The highest BCUT2D eigenvalue weighted by atomic mass is 35.5. The Bertz CT molecular complexity index is 599. The highest BCUT2D eigenvalue weighted by Gasteiger charge is 2.15. The Morgan fingerprint density at radius 1 is 1.20 bits per heavy atom. The van der Waals surface area contributed by atoms with Gasteiger partial charge < -0.3 is 10.5 Å². The van der Waals surface area contributed by atoms with Crippen LogP contribution < -0.4 is 10.5 Å². The van der Waals surface area contributed by atoms with Gasteiger partial charge in [0, 0.05) is 16.6 Å². The number of methoxy groups -OCH3 is 1. The van der Waals surface area contributed by atoms with Gasteiger partial charge >= 0.3 is 0 Å². The van der Waals surface area contributed by atoms with Crippen LogP contribution in [0.15, 0.2) is 36.4 Å². The monoisotopic (exact) mass is 297 g/mol. The van der Waals surface area contributed by atoms with Crippen molar-refractivity contribution in [2.24, 2.45) is 5.73 Å². The van der Waals surface area contributed by atoms with Crippen LogP contribution in [0, 0.1) is 11.6 Å². The minimum Gasteiger partial charge on any atom is -0.494 e. The Labute approximate surface area is 121 Å². The molecule has 0 heterocycles. The Morgan fingerprint density at radius 2 is 1.95 bits per heavy atom. The molecule has 1 atom stereocenters. The molecular formula is C15H14ClF2NO. The van der Waals surface area contributed by atoms with Gasteiger partial charge in [-0.15, -0.1) is 0 Å². The average Bonchev–Trinajstić information content (AvgIpc) is 2.43. The summed E-state index contributed by atoms with van der Waals surface area (Å²) in [5.74, 6) is -0.757. The van der Waals surface area contributed by atoms with E-state index in [-0.39, 0.29) is 12.2 Å². The third kappa shape index (κ3) is 3.08. The number of hydrogen-bond acceptors (Lipinski definition) is 2. The third-order valence-corrected chi connectivity index (χ3v) is 3.44. The smallest absolute Gasteiger partial charge is 0.165 e. The lowest BCUT2D eigenvalue weighted by atomic mass is 9.99. The largest absolute Gasteiger partial charge is 0.494 e. The number of rotatable bonds is 4. The predicted octanol–water partition coefficient (Wildman–Crippen LogP) is 3.87.